The van der Waals surface area contributed by atoms with Gasteiger partial charge in [-0.2, -0.15) is 0 Å². The Hall–Kier alpha value is -2.48. The first-order valence-electron chi connectivity index (χ1n) is 14.6. The van der Waals surface area contributed by atoms with Gasteiger partial charge in [-0.1, -0.05) is 36.4 Å². The topological polar surface area (TPSA) is 226 Å². The van der Waals surface area contributed by atoms with Crippen LogP contribution in [0.2, 0.25) is 0 Å². The van der Waals surface area contributed by atoms with E-state index >= 15 is 0 Å². The number of hydrogen-bond donors (Lipinski definition) is 8. The molecule has 15 nitrogen and oxygen atoms in total. The highest BCUT2D eigenvalue weighted by atomic mass is 16.7. The van der Waals surface area contributed by atoms with E-state index in [0.29, 0.717) is 11.5 Å². The van der Waals surface area contributed by atoms with Crippen molar-refractivity contribution in [3.63, 3.8) is 0 Å². The standard InChI is InChI=1S/C30H42O15/c31-17(12-40-19-7-3-1-4-8-19)11-39-15-21-23(33)25(35)28(38)30(44-21)43-16-22-24(34)26(36)27(37)29(45-22)42-14-18(32)13-41-20-9-5-2-6-10-20/h1-10,17-18,21-38H,11-16H2. The molecule has 2 aliphatic heterocycles. The van der Waals surface area contributed by atoms with Gasteiger partial charge in [0, 0.05) is 0 Å². The maximum absolute atomic E-state index is 10.5. The summed E-state index contributed by atoms with van der Waals surface area (Å²) in [6.45, 7) is -1.48. The van der Waals surface area contributed by atoms with E-state index in [1.165, 1.54) is 0 Å². The molecule has 0 aliphatic carbocycles. The van der Waals surface area contributed by atoms with E-state index in [1.807, 2.05) is 12.1 Å². The molecule has 0 saturated carbocycles. The Morgan fingerprint density at radius 3 is 1.47 bits per heavy atom. The number of hydrogen-bond acceptors (Lipinski definition) is 15. The fraction of sp³-hybridized carbons (Fsp3) is 0.600. The van der Waals surface area contributed by atoms with Crippen LogP contribution in [0.1, 0.15) is 0 Å². The Balaban J connectivity index is 1.22. The molecular formula is C30H42O15. The quantitative estimate of drug-likeness (QED) is 0.0950. The van der Waals surface area contributed by atoms with Crippen LogP contribution in [-0.2, 0) is 23.7 Å². The van der Waals surface area contributed by atoms with Gasteiger partial charge in [0.2, 0.25) is 0 Å². The van der Waals surface area contributed by atoms with E-state index < -0.39 is 80.2 Å². The molecule has 2 aromatic carbocycles. The predicted octanol–water partition coefficient (Wildman–Crippen LogP) is -2.47. The van der Waals surface area contributed by atoms with E-state index in [9.17, 15) is 40.9 Å². The van der Waals surface area contributed by atoms with Crippen LogP contribution in [0.4, 0.5) is 0 Å². The van der Waals surface area contributed by atoms with Gasteiger partial charge in [-0.15, -0.1) is 0 Å². The summed E-state index contributed by atoms with van der Waals surface area (Å²) < 4.78 is 38.5. The Morgan fingerprint density at radius 1 is 0.511 bits per heavy atom. The maximum atomic E-state index is 10.5. The van der Waals surface area contributed by atoms with Crippen LogP contribution in [0.5, 0.6) is 11.5 Å². The fourth-order valence-electron chi connectivity index (χ4n) is 4.61. The smallest absolute Gasteiger partial charge is 0.186 e. The van der Waals surface area contributed by atoms with Crippen molar-refractivity contribution in [3.8, 4) is 11.5 Å². The van der Waals surface area contributed by atoms with Crippen LogP contribution in [0, 0.1) is 0 Å². The minimum absolute atomic E-state index is 0.0550. The van der Waals surface area contributed by atoms with Crippen molar-refractivity contribution >= 4 is 0 Å². The molecule has 0 aromatic heterocycles. The molecule has 12 unspecified atom stereocenters. The summed E-state index contributed by atoms with van der Waals surface area (Å²) in [7, 11) is 0. The molecule has 0 spiro atoms. The van der Waals surface area contributed by atoms with Crippen LogP contribution in [0.15, 0.2) is 60.7 Å². The van der Waals surface area contributed by atoms with Gasteiger partial charge < -0.3 is 74.0 Å². The fourth-order valence-corrected chi connectivity index (χ4v) is 4.61. The Kier molecular flexibility index (Phi) is 13.7. The SMILES string of the molecule is OC(COCC1OC(OCC2OC(OCC(O)COc3ccccc3)C(O)C(O)C2O)C(O)C(O)C1O)COc1ccccc1. The van der Waals surface area contributed by atoms with E-state index in [-0.39, 0.29) is 33.0 Å². The molecule has 45 heavy (non-hydrogen) atoms. The Morgan fingerprint density at radius 2 is 0.956 bits per heavy atom. The zero-order valence-corrected chi connectivity index (χ0v) is 24.4. The van der Waals surface area contributed by atoms with Crippen molar-refractivity contribution in [2.75, 3.05) is 39.6 Å². The van der Waals surface area contributed by atoms with Gasteiger partial charge in [-0.25, -0.2) is 0 Å². The monoisotopic (exact) mass is 642 g/mol. The number of benzene rings is 2. The molecule has 0 radical (unpaired) electrons. The zero-order chi connectivity index (χ0) is 32.3. The van der Waals surface area contributed by atoms with Crippen LogP contribution in [-0.4, -0.2) is 154 Å². The largest absolute Gasteiger partial charge is 0.491 e. The Bertz CT molecular complexity index is 1100. The summed E-state index contributed by atoms with van der Waals surface area (Å²) >= 11 is 0. The van der Waals surface area contributed by atoms with Crippen LogP contribution >= 0.6 is 0 Å². The van der Waals surface area contributed by atoms with Gasteiger partial charge in [0.1, 0.15) is 85.8 Å². The summed E-state index contributed by atoms with van der Waals surface area (Å²) in [6, 6.07) is 17.6. The third-order valence-electron chi connectivity index (χ3n) is 7.18. The lowest BCUT2D eigenvalue weighted by atomic mass is 9.98. The van der Waals surface area contributed by atoms with E-state index in [2.05, 4.69) is 0 Å². The number of ether oxygens (including phenoxy) is 7. The molecule has 2 saturated heterocycles. The predicted molar refractivity (Wildman–Crippen MR) is 152 cm³/mol. The van der Waals surface area contributed by atoms with Crippen molar-refractivity contribution in [2.24, 2.45) is 0 Å². The second-order valence-electron chi connectivity index (χ2n) is 10.8. The van der Waals surface area contributed by atoms with E-state index in [1.54, 1.807) is 48.5 Å². The van der Waals surface area contributed by atoms with Crippen LogP contribution in [0.3, 0.4) is 0 Å². The highest BCUT2D eigenvalue weighted by molar-refractivity contribution is 5.21. The van der Waals surface area contributed by atoms with Crippen molar-refractivity contribution in [1.29, 1.82) is 0 Å². The number of aliphatic hydroxyl groups excluding tert-OH is 8. The average molecular weight is 643 g/mol. The molecule has 2 aliphatic rings. The lowest BCUT2D eigenvalue weighted by Crippen LogP contribution is -2.62. The zero-order valence-electron chi connectivity index (χ0n) is 24.4. The lowest BCUT2D eigenvalue weighted by molar-refractivity contribution is -0.333. The number of aliphatic hydroxyl groups is 8. The van der Waals surface area contributed by atoms with Crippen molar-refractivity contribution < 1.29 is 74.0 Å². The first-order valence-corrected chi connectivity index (χ1v) is 14.6. The third kappa shape index (κ3) is 10.3. The minimum Gasteiger partial charge on any atom is -0.491 e. The highest BCUT2D eigenvalue weighted by Gasteiger charge is 2.47. The molecule has 0 amide bonds. The Labute approximate surface area is 259 Å². The summed E-state index contributed by atoms with van der Waals surface area (Å²) in [5, 5.41) is 82.7. The van der Waals surface area contributed by atoms with Gasteiger partial charge in [0.05, 0.1) is 26.4 Å². The second-order valence-corrected chi connectivity index (χ2v) is 10.8. The molecule has 2 fully saturated rings. The van der Waals surface area contributed by atoms with Crippen molar-refractivity contribution in [2.45, 2.75) is 73.6 Å². The molecule has 252 valence electrons. The molecule has 2 aromatic rings. The number of para-hydroxylation sites is 2. The lowest BCUT2D eigenvalue weighted by Gasteiger charge is -2.43. The van der Waals surface area contributed by atoms with Gasteiger partial charge in [-0.3, -0.25) is 0 Å². The minimum atomic E-state index is -1.71. The van der Waals surface area contributed by atoms with Gasteiger partial charge in [0.15, 0.2) is 12.6 Å². The summed E-state index contributed by atoms with van der Waals surface area (Å²) in [5.74, 6) is 1.10. The molecule has 4 rings (SSSR count). The average Bonchev–Trinajstić information content (AvgIpc) is 3.06. The third-order valence-corrected chi connectivity index (χ3v) is 7.18. The van der Waals surface area contributed by atoms with Crippen molar-refractivity contribution in [1.82, 2.24) is 0 Å². The number of rotatable bonds is 16. The summed E-state index contributed by atoms with van der Waals surface area (Å²) in [5.41, 5.74) is 0. The summed E-state index contributed by atoms with van der Waals surface area (Å²) in [6.07, 6.45) is -17.5. The van der Waals surface area contributed by atoms with E-state index in [4.69, 9.17) is 33.2 Å². The van der Waals surface area contributed by atoms with E-state index in [0.717, 1.165) is 0 Å². The normalized spacial score (nSPS) is 33.3. The molecule has 8 N–H and O–H groups in total. The van der Waals surface area contributed by atoms with Crippen LogP contribution in [0.25, 0.3) is 0 Å². The molecule has 15 heteroatoms. The van der Waals surface area contributed by atoms with Crippen molar-refractivity contribution in [3.05, 3.63) is 60.7 Å². The highest BCUT2D eigenvalue weighted by Crippen LogP contribution is 2.26. The second kappa shape index (κ2) is 17.4. The molecule has 0 bridgehead atoms. The van der Waals surface area contributed by atoms with Gasteiger partial charge in [0.25, 0.3) is 0 Å². The molecule has 2 heterocycles. The van der Waals surface area contributed by atoms with Gasteiger partial charge in [-0.05, 0) is 24.3 Å². The first kappa shape index (κ1) is 35.4. The summed E-state index contributed by atoms with van der Waals surface area (Å²) in [4.78, 5) is 0. The maximum Gasteiger partial charge on any atom is 0.186 e. The van der Waals surface area contributed by atoms with Gasteiger partial charge >= 0.3 is 0 Å². The first-order chi connectivity index (χ1) is 21.6. The molecular weight excluding hydrogens is 600 g/mol. The molecule has 12 atom stereocenters. The van der Waals surface area contributed by atoms with Crippen LogP contribution < -0.4 is 9.47 Å².